The normalized spacial score (nSPS) is 11.0. The highest BCUT2D eigenvalue weighted by atomic mass is 16.5. The van der Waals surface area contributed by atoms with Crippen molar-refractivity contribution in [3.8, 4) is 17.2 Å². The third-order valence-electron chi connectivity index (χ3n) is 4.86. The second kappa shape index (κ2) is 12.5. The molecule has 2 N–H and O–H groups in total. The van der Waals surface area contributed by atoms with Gasteiger partial charge in [0.2, 0.25) is 5.75 Å². The first kappa shape index (κ1) is 23.2. The fraction of sp³-hybridized carbons (Fsp3) is 0.435. The van der Waals surface area contributed by atoms with Crippen LogP contribution in [0.4, 0.5) is 5.69 Å². The summed E-state index contributed by atoms with van der Waals surface area (Å²) in [6, 6.07) is 14.3. The SMILES string of the molecule is CCN(CCCNC(=NC)NCc1ccc(OC)c(OC)c1OC)c1ccccc1. The zero-order chi connectivity index (χ0) is 21.8. The Bertz CT molecular complexity index is 797. The van der Waals surface area contributed by atoms with Crippen LogP contribution in [0.5, 0.6) is 17.2 Å². The van der Waals surface area contributed by atoms with Crippen molar-refractivity contribution in [2.45, 2.75) is 19.9 Å². The minimum absolute atomic E-state index is 0.550. The molecule has 0 heterocycles. The fourth-order valence-corrected chi connectivity index (χ4v) is 3.29. The number of methoxy groups -OCH3 is 3. The van der Waals surface area contributed by atoms with Gasteiger partial charge < -0.3 is 29.7 Å². The highest BCUT2D eigenvalue weighted by molar-refractivity contribution is 5.79. The van der Waals surface area contributed by atoms with Gasteiger partial charge in [0.1, 0.15) is 0 Å². The van der Waals surface area contributed by atoms with Gasteiger partial charge in [0.05, 0.1) is 21.3 Å². The molecule has 0 aliphatic rings. The van der Waals surface area contributed by atoms with Crippen LogP contribution in [0.25, 0.3) is 0 Å². The summed E-state index contributed by atoms with van der Waals surface area (Å²) in [5, 5.41) is 6.71. The molecule has 0 radical (unpaired) electrons. The lowest BCUT2D eigenvalue weighted by atomic mass is 10.1. The second-order valence-electron chi connectivity index (χ2n) is 6.61. The third kappa shape index (κ3) is 6.20. The number of benzene rings is 2. The molecule has 7 nitrogen and oxygen atoms in total. The van der Waals surface area contributed by atoms with Crippen molar-refractivity contribution in [3.63, 3.8) is 0 Å². The van der Waals surface area contributed by atoms with Crippen molar-refractivity contribution in [1.82, 2.24) is 10.6 Å². The van der Waals surface area contributed by atoms with E-state index in [1.165, 1.54) is 5.69 Å². The highest BCUT2D eigenvalue weighted by Crippen LogP contribution is 2.39. The smallest absolute Gasteiger partial charge is 0.203 e. The number of rotatable bonds is 11. The molecule has 0 saturated carbocycles. The van der Waals surface area contributed by atoms with Gasteiger partial charge in [0.15, 0.2) is 17.5 Å². The number of para-hydroxylation sites is 1. The van der Waals surface area contributed by atoms with E-state index in [0.29, 0.717) is 23.8 Å². The van der Waals surface area contributed by atoms with Crippen LogP contribution in [-0.4, -0.2) is 54.0 Å². The van der Waals surface area contributed by atoms with E-state index in [1.807, 2.05) is 18.2 Å². The average Bonchev–Trinajstić information content (AvgIpc) is 2.80. The van der Waals surface area contributed by atoms with Crippen LogP contribution < -0.4 is 29.7 Å². The van der Waals surface area contributed by atoms with Crippen molar-refractivity contribution in [1.29, 1.82) is 0 Å². The van der Waals surface area contributed by atoms with E-state index in [2.05, 4.69) is 51.7 Å². The average molecular weight is 415 g/mol. The maximum Gasteiger partial charge on any atom is 0.203 e. The Hall–Kier alpha value is -3.09. The number of hydrogen-bond acceptors (Lipinski definition) is 5. The molecule has 0 amide bonds. The summed E-state index contributed by atoms with van der Waals surface area (Å²) in [6.45, 7) is 5.52. The van der Waals surface area contributed by atoms with Crippen molar-refractivity contribution in [3.05, 3.63) is 48.0 Å². The Morgan fingerprint density at radius 3 is 2.27 bits per heavy atom. The first-order valence-electron chi connectivity index (χ1n) is 10.2. The van der Waals surface area contributed by atoms with Crippen LogP contribution in [-0.2, 0) is 6.54 Å². The van der Waals surface area contributed by atoms with Gasteiger partial charge in [-0.05, 0) is 37.6 Å². The third-order valence-corrected chi connectivity index (χ3v) is 4.86. The predicted octanol–water partition coefficient (Wildman–Crippen LogP) is 3.29. The summed E-state index contributed by atoms with van der Waals surface area (Å²) in [6.07, 6.45) is 1.00. The summed E-state index contributed by atoms with van der Waals surface area (Å²) in [7, 11) is 6.61. The summed E-state index contributed by atoms with van der Waals surface area (Å²) < 4.78 is 16.3. The molecule has 0 aromatic heterocycles. The molecule has 0 aliphatic carbocycles. The number of hydrogen-bond donors (Lipinski definition) is 2. The maximum atomic E-state index is 5.54. The zero-order valence-corrected chi connectivity index (χ0v) is 18.7. The Balaban J connectivity index is 1.87. The minimum Gasteiger partial charge on any atom is -0.493 e. The molecule has 0 saturated heterocycles. The zero-order valence-electron chi connectivity index (χ0n) is 18.7. The molecule has 2 aromatic rings. The molecule has 7 heteroatoms. The van der Waals surface area contributed by atoms with E-state index < -0.39 is 0 Å². The van der Waals surface area contributed by atoms with Gasteiger partial charge in [-0.1, -0.05) is 18.2 Å². The van der Waals surface area contributed by atoms with E-state index in [-0.39, 0.29) is 0 Å². The summed E-state index contributed by atoms with van der Waals surface area (Å²) >= 11 is 0. The fourth-order valence-electron chi connectivity index (χ4n) is 3.29. The van der Waals surface area contributed by atoms with Crippen molar-refractivity contribution < 1.29 is 14.2 Å². The summed E-state index contributed by atoms with van der Waals surface area (Å²) in [5.41, 5.74) is 2.21. The van der Waals surface area contributed by atoms with Crippen LogP contribution in [0.1, 0.15) is 18.9 Å². The Kier molecular flexibility index (Phi) is 9.64. The molecule has 0 unspecified atom stereocenters. The number of ether oxygens (including phenoxy) is 3. The molecule has 164 valence electrons. The minimum atomic E-state index is 0.550. The summed E-state index contributed by atoms with van der Waals surface area (Å²) in [4.78, 5) is 6.68. The van der Waals surface area contributed by atoms with Gasteiger partial charge in [0, 0.05) is 44.5 Å². The topological polar surface area (TPSA) is 67.4 Å². The molecular weight excluding hydrogens is 380 g/mol. The lowest BCUT2D eigenvalue weighted by Gasteiger charge is -2.23. The van der Waals surface area contributed by atoms with Crippen LogP contribution in [0.15, 0.2) is 47.5 Å². The van der Waals surface area contributed by atoms with Crippen LogP contribution in [0.3, 0.4) is 0 Å². The highest BCUT2D eigenvalue weighted by Gasteiger charge is 2.15. The molecule has 0 aliphatic heterocycles. The standard InChI is InChI=1S/C23H34N4O3/c1-6-27(19-11-8-7-9-12-19)16-10-15-25-23(24-2)26-17-18-13-14-20(28-3)22(30-5)21(18)29-4/h7-9,11-14H,6,10,15-17H2,1-5H3,(H2,24,25,26). The van der Waals surface area contributed by atoms with Crippen LogP contribution in [0.2, 0.25) is 0 Å². The first-order chi connectivity index (χ1) is 14.7. The van der Waals surface area contributed by atoms with Crippen LogP contribution >= 0.6 is 0 Å². The monoisotopic (exact) mass is 414 g/mol. The number of anilines is 1. The quantitative estimate of drug-likeness (QED) is 0.334. The van der Waals surface area contributed by atoms with Gasteiger partial charge in [-0.2, -0.15) is 0 Å². The van der Waals surface area contributed by atoms with Gasteiger partial charge in [0.25, 0.3) is 0 Å². The van der Waals surface area contributed by atoms with Crippen molar-refractivity contribution in [2.75, 3.05) is 52.9 Å². The van der Waals surface area contributed by atoms with Gasteiger partial charge in [-0.3, -0.25) is 4.99 Å². The van der Waals surface area contributed by atoms with Crippen molar-refractivity contribution >= 4 is 11.6 Å². The number of guanidine groups is 1. The van der Waals surface area contributed by atoms with Gasteiger partial charge >= 0.3 is 0 Å². The van der Waals surface area contributed by atoms with Crippen molar-refractivity contribution in [2.24, 2.45) is 4.99 Å². The maximum absolute atomic E-state index is 5.54. The Labute approximate surface area is 180 Å². The molecule has 2 aromatic carbocycles. The molecule has 0 atom stereocenters. The number of aliphatic imine (C=N–C) groups is 1. The first-order valence-corrected chi connectivity index (χ1v) is 10.2. The van der Waals surface area contributed by atoms with E-state index >= 15 is 0 Å². The second-order valence-corrected chi connectivity index (χ2v) is 6.61. The summed E-state index contributed by atoms with van der Waals surface area (Å²) in [5.74, 6) is 2.62. The number of nitrogens with one attached hydrogen (secondary N) is 2. The van der Waals surface area contributed by atoms with Gasteiger partial charge in [-0.15, -0.1) is 0 Å². The van der Waals surface area contributed by atoms with E-state index in [9.17, 15) is 0 Å². The number of nitrogens with zero attached hydrogens (tertiary/aromatic N) is 2. The molecular formula is C23H34N4O3. The largest absolute Gasteiger partial charge is 0.493 e. The van der Waals surface area contributed by atoms with Gasteiger partial charge in [-0.25, -0.2) is 0 Å². The van der Waals surface area contributed by atoms with E-state index in [4.69, 9.17) is 14.2 Å². The molecule has 0 bridgehead atoms. The molecule has 0 spiro atoms. The predicted molar refractivity (Wildman–Crippen MR) is 123 cm³/mol. The molecule has 30 heavy (non-hydrogen) atoms. The van der Waals surface area contributed by atoms with E-state index in [1.54, 1.807) is 28.4 Å². The molecule has 0 fully saturated rings. The lowest BCUT2D eigenvalue weighted by Crippen LogP contribution is -2.38. The lowest BCUT2D eigenvalue weighted by molar-refractivity contribution is 0.322. The van der Waals surface area contributed by atoms with Crippen LogP contribution in [0, 0.1) is 0 Å². The Morgan fingerprint density at radius 2 is 1.67 bits per heavy atom. The molecule has 2 rings (SSSR count). The Morgan fingerprint density at radius 1 is 0.933 bits per heavy atom. The van der Waals surface area contributed by atoms with E-state index in [0.717, 1.165) is 37.6 Å².